The van der Waals surface area contributed by atoms with Crippen molar-refractivity contribution in [3.05, 3.63) is 24.3 Å². The molecule has 0 N–H and O–H groups in total. The van der Waals surface area contributed by atoms with E-state index in [1.807, 2.05) is 24.3 Å². The van der Waals surface area contributed by atoms with Gasteiger partial charge in [0.05, 0.1) is 13.7 Å². The molecule has 0 aliphatic rings. The Morgan fingerprint density at radius 2 is 1.75 bits per heavy atom. The third-order valence-corrected chi connectivity index (χ3v) is 2.86. The summed E-state index contributed by atoms with van der Waals surface area (Å²) < 4.78 is 16.0. The Labute approximate surface area is 121 Å². The van der Waals surface area contributed by atoms with Crippen molar-refractivity contribution in [3.63, 3.8) is 0 Å². The number of ether oxygens (including phenoxy) is 3. The van der Waals surface area contributed by atoms with Crippen molar-refractivity contribution >= 4 is 5.97 Å². The van der Waals surface area contributed by atoms with E-state index in [0.717, 1.165) is 25.0 Å². The lowest BCUT2D eigenvalue weighted by Crippen LogP contribution is -2.28. The number of esters is 1. The highest BCUT2D eigenvalue weighted by atomic mass is 16.6. The maximum atomic E-state index is 11.7. The maximum absolute atomic E-state index is 11.7. The first kappa shape index (κ1) is 16.3. The molecule has 0 bridgehead atoms. The Bertz CT molecular complexity index is 386. The molecule has 20 heavy (non-hydrogen) atoms. The van der Waals surface area contributed by atoms with Gasteiger partial charge in [0.15, 0.2) is 6.10 Å². The lowest BCUT2D eigenvalue weighted by molar-refractivity contribution is -0.149. The zero-order valence-corrected chi connectivity index (χ0v) is 12.6. The van der Waals surface area contributed by atoms with E-state index >= 15 is 0 Å². The summed E-state index contributed by atoms with van der Waals surface area (Å²) in [5, 5.41) is 0. The minimum atomic E-state index is -0.539. The number of methoxy groups -OCH3 is 1. The van der Waals surface area contributed by atoms with Crippen molar-refractivity contribution in [2.45, 2.75) is 45.6 Å². The zero-order chi connectivity index (χ0) is 14.8. The van der Waals surface area contributed by atoms with Crippen LogP contribution >= 0.6 is 0 Å². The average molecular weight is 280 g/mol. The monoisotopic (exact) mass is 280 g/mol. The molecule has 0 saturated carbocycles. The Balaban J connectivity index is 2.60. The summed E-state index contributed by atoms with van der Waals surface area (Å²) >= 11 is 0. The van der Waals surface area contributed by atoms with Gasteiger partial charge >= 0.3 is 5.97 Å². The molecule has 0 fully saturated rings. The van der Waals surface area contributed by atoms with Crippen LogP contribution in [0.5, 0.6) is 11.5 Å². The second kappa shape index (κ2) is 9.23. The summed E-state index contributed by atoms with van der Waals surface area (Å²) in [7, 11) is 1.38. The van der Waals surface area contributed by atoms with Crippen LogP contribution in [0, 0.1) is 0 Å². The molecule has 0 aromatic heterocycles. The lowest BCUT2D eigenvalue weighted by atomic mass is 10.1. The largest absolute Gasteiger partial charge is 0.494 e. The molecule has 0 aliphatic carbocycles. The van der Waals surface area contributed by atoms with Crippen molar-refractivity contribution in [3.8, 4) is 11.5 Å². The molecule has 0 radical (unpaired) electrons. The predicted molar refractivity (Wildman–Crippen MR) is 78.2 cm³/mol. The van der Waals surface area contributed by atoms with Crippen molar-refractivity contribution in [2.24, 2.45) is 0 Å². The molecule has 4 heteroatoms. The number of carbonyl (C=O) groups is 1. The number of hydrogen-bond donors (Lipinski definition) is 0. The quantitative estimate of drug-likeness (QED) is 0.648. The molecular formula is C16H24O4. The highest BCUT2D eigenvalue weighted by Gasteiger charge is 2.20. The van der Waals surface area contributed by atoms with Crippen LogP contribution in [0.25, 0.3) is 0 Å². The van der Waals surface area contributed by atoms with E-state index < -0.39 is 6.10 Å². The Hall–Kier alpha value is -1.71. The van der Waals surface area contributed by atoms with Crippen LogP contribution in [0.1, 0.15) is 39.5 Å². The fourth-order valence-electron chi connectivity index (χ4n) is 1.74. The molecule has 1 aromatic carbocycles. The molecule has 0 spiro atoms. The highest BCUT2D eigenvalue weighted by Crippen LogP contribution is 2.20. The van der Waals surface area contributed by atoms with Crippen LogP contribution in [-0.4, -0.2) is 25.8 Å². The minimum absolute atomic E-state index is 0.329. The Kier molecular flexibility index (Phi) is 7.55. The van der Waals surface area contributed by atoms with E-state index in [0.29, 0.717) is 18.8 Å². The second-order valence-electron chi connectivity index (χ2n) is 4.59. The summed E-state index contributed by atoms with van der Waals surface area (Å²) in [6.45, 7) is 4.84. The summed E-state index contributed by atoms with van der Waals surface area (Å²) in [5.41, 5.74) is 0. The SMILES string of the molecule is CCCCC(Oc1ccc(OCCC)cc1)C(=O)OC. The van der Waals surface area contributed by atoms with E-state index in [2.05, 4.69) is 13.8 Å². The van der Waals surface area contributed by atoms with Gasteiger partial charge in [0, 0.05) is 0 Å². The van der Waals surface area contributed by atoms with Crippen LogP contribution in [0.2, 0.25) is 0 Å². The van der Waals surface area contributed by atoms with Gasteiger partial charge in [-0.3, -0.25) is 0 Å². The molecule has 0 saturated heterocycles. The number of carbonyl (C=O) groups excluding carboxylic acids is 1. The zero-order valence-electron chi connectivity index (χ0n) is 12.6. The summed E-state index contributed by atoms with van der Waals surface area (Å²) in [4.78, 5) is 11.7. The fourth-order valence-corrected chi connectivity index (χ4v) is 1.74. The van der Waals surface area contributed by atoms with Crippen LogP contribution in [-0.2, 0) is 9.53 Å². The van der Waals surface area contributed by atoms with Gasteiger partial charge in [-0.05, 0) is 43.5 Å². The standard InChI is InChI=1S/C16H24O4/c1-4-6-7-15(16(17)18-3)20-14-10-8-13(9-11-14)19-12-5-2/h8-11,15H,4-7,12H2,1-3H3. The molecule has 1 unspecified atom stereocenters. The van der Waals surface area contributed by atoms with Gasteiger partial charge in [-0.1, -0.05) is 20.3 Å². The maximum Gasteiger partial charge on any atom is 0.347 e. The van der Waals surface area contributed by atoms with Crippen LogP contribution in [0.3, 0.4) is 0 Å². The van der Waals surface area contributed by atoms with E-state index in [1.54, 1.807) is 0 Å². The molecular weight excluding hydrogens is 256 g/mol. The van der Waals surface area contributed by atoms with Crippen LogP contribution < -0.4 is 9.47 Å². The lowest BCUT2D eigenvalue weighted by Gasteiger charge is -2.17. The van der Waals surface area contributed by atoms with Gasteiger partial charge in [-0.25, -0.2) is 4.79 Å². The molecule has 4 nitrogen and oxygen atoms in total. The third kappa shape index (κ3) is 5.51. The van der Waals surface area contributed by atoms with Crippen molar-refractivity contribution in [2.75, 3.05) is 13.7 Å². The van der Waals surface area contributed by atoms with Gasteiger partial charge in [-0.15, -0.1) is 0 Å². The van der Waals surface area contributed by atoms with Crippen molar-refractivity contribution in [1.82, 2.24) is 0 Å². The first-order valence-corrected chi connectivity index (χ1v) is 7.18. The number of hydrogen-bond acceptors (Lipinski definition) is 4. The molecule has 1 atom stereocenters. The first-order chi connectivity index (χ1) is 9.71. The van der Waals surface area contributed by atoms with Crippen LogP contribution in [0.15, 0.2) is 24.3 Å². The molecule has 0 heterocycles. The van der Waals surface area contributed by atoms with Gasteiger partial charge in [0.1, 0.15) is 11.5 Å². The molecule has 0 amide bonds. The summed E-state index contributed by atoms with van der Waals surface area (Å²) in [6.07, 6.45) is 3.04. The first-order valence-electron chi connectivity index (χ1n) is 7.18. The molecule has 1 aromatic rings. The third-order valence-electron chi connectivity index (χ3n) is 2.86. The fraction of sp³-hybridized carbons (Fsp3) is 0.562. The number of unbranched alkanes of at least 4 members (excludes halogenated alkanes) is 1. The van der Waals surface area contributed by atoms with Gasteiger partial charge in [-0.2, -0.15) is 0 Å². The normalized spacial score (nSPS) is 11.8. The number of rotatable bonds is 9. The van der Waals surface area contributed by atoms with Crippen LogP contribution in [0.4, 0.5) is 0 Å². The Morgan fingerprint density at radius 3 is 2.30 bits per heavy atom. The Morgan fingerprint density at radius 1 is 1.10 bits per heavy atom. The van der Waals surface area contributed by atoms with Gasteiger partial charge in [0.25, 0.3) is 0 Å². The average Bonchev–Trinajstić information content (AvgIpc) is 2.49. The predicted octanol–water partition coefficient (Wildman–Crippen LogP) is 3.59. The molecule has 1 rings (SSSR count). The molecule has 112 valence electrons. The van der Waals surface area contributed by atoms with E-state index in [1.165, 1.54) is 7.11 Å². The summed E-state index contributed by atoms with van der Waals surface area (Å²) in [6, 6.07) is 7.32. The second-order valence-corrected chi connectivity index (χ2v) is 4.59. The van der Waals surface area contributed by atoms with Crippen molar-refractivity contribution in [1.29, 1.82) is 0 Å². The summed E-state index contributed by atoms with van der Waals surface area (Å²) in [5.74, 6) is 1.13. The van der Waals surface area contributed by atoms with E-state index in [-0.39, 0.29) is 5.97 Å². The topological polar surface area (TPSA) is 44.8 Å². The smallest absolute Gasteiger partial charge is 0.347 e. The van der Waals surface area contributed by atoms with E-state index in [4.69, 9.17) is 14.2 Å². The van der Waals surface area contributed by atoms with Gasteiger partial charge < -0.3 is 14.2 Å². The van der Waals surface area contributed by atoms with E-state index in [9.17, 15) is 4.79 Å². The highest BCUT2D eigenvalue weighted by molar-refractivity contribution is 5.74. The van der Waals surface area contributed by atoms with Crippen molar-refractivity contribution < 1.29 is 19.0 Å². The van der Waals surface area contributed by atoms with Gasteiger partial charge in [0.2, 0.25) is 0 Å². The minimum Gasteiger partial charge on any atom is -0.494 e. The number of benzene rings is 1. The molecule has 0 aliphatic heterocycles.